The first-order chi connectivity index (χ1) is 7.04. The fourth-order valence-corrected chi connectivity index (χ4v) is 1.98. The van der Waals surface area contributed by atoms with E-state index in [0.29, 0.717) is 10.0 Å². The van der Waals surface area contributed by atoms with Crippen molar-refractivity contribution >= 4 is 23.2 Å². The first kappa shape index (κ1) is 12.6. The summed E-state index contributed by atoms with van der Waals surface area (Å²) in [6, 6.07) is 5.99. The maximum atomic E-state index is 6.10. The Morgan fingerprint density at radius 2 is 2.00 bits per heavy atom. The van der Waals surface area contributed by atoms with Crippen LogP contribution >= 0.6 is 23.2 Å². The molecule has 0 saturated carbocycles. The van der Waals surface area contributed by atoms with Crippen LogP contribution in [0.5, 0.6) is 0 Å². The van der Waals surface area contributed by atoms with Gasteiger partial charge in [-0.3, -0.25) is 0 Å². The second-order valence-corrected chi connectivity index (χ2v) is 4.42. The predicted molar refractivity (Wildman–Crippen MR) is 67.7 cm³/mol. The van der Waals surface area contributed by atoms with Crippen molar-refractivity contribution in [2.45, 2.75) is 25.9 Å². The molecule has 0 aliphatic carbocycles. The van der Waals surface area contributed by atoms with Crippen LogP contribution in [0, 0.1) is 0 Å². The van der Waals surface area contributed by atoms with Gasteiger partial charge in [0.25, 0.3) is 0 Å². The van der Waals surface area contributed by atoms with Crippen molar-refractivity contribution in [2.24, 2.45) is 0 Å². The molecule has 0 aromatic heterocycles. The number of nitrogens with one attached hydrogen (secondary N) is 1. The van der Waals surface area contributed by atoms with Gasteiger partial charge in [0.1, 0.15) is 0 Å². The zero-order chi connectivity index (χ0) is 11.4. The smallest absolute Gasteiger partial charge is 0.0468 e. The quantitative estimate of drug-likeness (QED) is 0.782. The third kappa shape index (κ3) is 3.53. The lowest BCUT2D eigenvalue weighted by atomic mass is 10.1. The highest BCUT2D eigenvalue weighted by Gasteiger charge is 2.10. The van der Waals surface area contributed by atoms with Crippen molar-refractivity contribution in [1.82, 2.24) is 5.32 Å². The van der Waals surface area contributed by atoms with Gasteiger partial charge in [0.05, 0.1) is 0 Å². The number of benzene rings is 1. The lowest BCUT2D eigenvalue weighted by Gasteiger charge is -2.18. The van der Waals surface area contributed by atoms with Gasteiger partial charge in [-0.1, -0.05) is 35.3 Å². The summed E-state index contributed by atoms with van der Waals surface area (Å²) in [7, 11) is 0. The minimum Gasteiger partial charge on any atom is -0.304 e. The van der Waals surface area contributed by atoms with Crippen LogP contribution in [0.15, 0.2) is 30.9 Å². The number of halogens is 2. The van der Waals surface area contributed by atoms with Crippen LogP contribution in [0.25, 0.3) is 0 Å². The molecule has 0 radical (unpaired) electrons. The van der Waals surface area contributed by atoms with Gasteiger partial charge >= 0.3 is 0 Å². The molecule has 1 aromatic carbocycles. The molecule has 0 fully saturated rings. The maximum Gasteiger partial charge on any atom is 0.0468 e. The molecule has 15 heavy (non-hydrogen) atoms. The predicted octanol–water partition coefficient (Wildman–Crippen LogP) is 4.22. The van der Waals surface area contributed by atoms with Gasteiger partial charge in [-0.05, 0) is 31.5 Å². The van der Waals surface area contributed by atoms with Crippen LogP contribution in [-0.2, 0) is 0 Å². The summed E-state index contributed by atoms with van der Waals surface area (Å²) in [4.78, 5) is 0. The van der Waals surface area contributed by atoms with Crippen LogP contribution in [0.4, 0.5) is 0 Å². The molecule has 0 saturated heterocycles. The van der Waals surface area contributed by atoms with E-state index < -0.39 is 0 Å². The zero-order valence-corrected chi connectivity index (χ0v) is 10.4. The fraction of sp³-hybridized carbons (Fsp3) is 0.333. The van der Waals surface area contributed by atoms with E-state index in [2.05, 4.69) is 18.8 Å². The van der Waals surface area contributed by atoms with E-state index in [1.54, 1.807) is 6.07 Å². The Kier molecular flexibility index (Phi) is 4.65. The molecule has 0 heterocycles. The first-order valence-electron chi connectivity index (χ1n) is 4.88. The van der Waals surface area contributed by atoms with Gasteiger partial charge < -0.3 is 5.32 Å². The van der Waals surface area contributed by atoms with Crippen molar-refractivity contribution in [3.05, 3.63) is 46.5 Å². The average Bonchev–Trinajstić information content (AvgIpc) is 2.17. The number of hydrogen-bond donors (Lipinski definition) is 1. The molecule has 1 N–H and O–H groups in total. The van der Waals surface area contributed by atoms with E-state index in [-0.39, 0.29) is 12.1 Å². The molecular weight excluding hydrogens is 229 g/mol. The van der Waals surface area contributed by atoms with Crippen molar-refractivity contribution in [3.8, 4) is 0 Å². The summed E-state index contributed by atoms with van der Waals surface area (Å²) >= 11 is 11.9. The molecular formula is C12H15Cl2N. The monoisotopic (exact) mass is 243 g/mol. The van der Waals surface area contributed by atoms with Crippen LogP contribution < -0.4 is 5.32 Å². The summed E-state index contributed by atoms with van der Waals surface area (Å²) in [5.41, 5.74) is 1.05. The van der Waals surface area contributed by atoms with E-state index >= 15 is 0 Å². The summed E-state index contributed by atoms with van der Waals surface area (Å²) in [6.45, 7) is 7.84. The molecule has 1 nitrogen and oxygen atoms in total. The zero-order valence-electron chi connectivity index (χ0n) is 8.93. The van der Waals surface area contributed by atoms with Crippen molar-refractivity contribution in [3.63, 3.8) is 0 Å². The van der Waals surface area contributed by atoms with E-state index in [9.17, 15) is 0 Å². The highest BCUT2D eigenvalue weighted by atomic mass is 35.5. The Labute approximate surface area is 101 Å². The molecule has 2 atom stereocenters. The van der Waals surface area contributed by atoms with Crippen molar-refractivity contribution < 1.29 is 0 Å². The van der Waals surface area contributed by atoms with Crippen LogP contribution in [0.2, 0.25) is 10.0 Å². The Bertz CT molecular complexity index is 349. The van der Waals surface area contributed by atoms with Gasteiger partial charge in [-0.25, -0.2) is 0 Å². The lowest BCUT2D eigenvalue weighted by Crippen LogP contribution is -2.27. The average molecular weight is 244 g/mol. The molecule has 0 amide bonds. The molecule has 0 aliphatic rings. The van der Waals surface area contributed by atoms with E-state index in [1.165, 1.54) is 0 Å². The minimum atomic E-state index is 0.183. The highest BCUT2D eigenvalue weighted by Crippen LogP contribution is 2.26. The minimum absolute atomic E-state index is 0.183. The van der Waals surface area contributed by atoms with E-state index in [0.717, 1.165) is 5.56 Å². The van der Waals surface area contributed by atoms with Gasteiger partial charge in [-0.15, -0.1) is 6.58 Å². The van der Waals surface area contributed by atoms with Crippen molar-refractivity contribution in [1.29, 1.82) is 0 Å². The van der Waals surface area contributed by atoms with E-state index in [4.69, 9.17) is 23.2 Å². The summed E-state index contributed by atoms with van der Waals surface area (Å²) in [5.74, 6) is 0. The third-order valence-corrected chi connectivity index (χ3v) is 2.86. The Balaban J connectivity index is 2.81. The molecule has 0 bridgehead atoms. The second-order valence-electron chi connectivity index (χ2n) is 3.58. The molecule has 82 valence electrons. The van der Waals surface area contributed by atoms with Gasteiger partial charge in [-0.2, -0.15) is 0 Å². The summed E-state index contributed by atoms with van der Waals surface area (Å²) in [6.07, 6.45) is 1.86. The lowest BCUT2D eigenvalue weighted by molar-refractivity contribution is 0.537. The Morgan fingerprint density at radius 3 is 2.53 bits per heavy atom. The molecule has 1 rings (SSSR count). The van der Waals surface area contributed by atoms with Crippen LogP contribution in [0.3, 0.4) is 0 Å². The Morgan fingerprint density at radius 1 is 1.33 bits per heavy atom. The third-order valence-electron chi connectivity index (χ3n) is 2.30. The maximum absolute atomic E-state index is 6.10. The fourth-order valence-electron chi connectivity index (χ4n) is 1.40. The van der Waals surface area contributed by atoms with Crippen molar-refractivity contribution in [2.75, 3.05) is 0 Å². The molecule has 2 unspecified atom stereocenters. The van der Waals surface area contributed by atoms with E-state index in [1.807, 2.05) is 25.1 Å². The number of hydrogen-bond acceptors (Lipinski definition) is 1. The molecule has 1 aromatic rings. The largest absolute Gasteiger partial charge is 0.304 e. The summed E-state index contributed by atoms with van der Waals surface area (Å²) < 4.78 is 0. The molecule has 3 heteroatoms. The van der Waals surface area contributed by atoms with Gasteiger partial charge in [0.2, 0.25) is 0 Å². The molecule has 0 aliphatic heterocycles. The van der Waals surface area contributed by atoms with Crippen LogP contribution in [0.1, 0.15) is 25.5 Å². The first-order valence-corrected chi connectivity index (χ1v) is 5.63. The second kappa shape index (κ2) is 5.55. The topological polar surface area (TPSA) is 12.0 Å². The summed E-state index contributed by atoms with van der Waals surface area (Å²) in [5, 5.41) is 4.71. The van der Waals surface area contributed by atoms with Gasteiger partial charge in [0, 0.05) is 22.1 Å². The van der Waals surface area contributed by atoms with Gasteiger partial charge in [0.15, 0.2) is 0 Å². The van der Waals surface area contributed by atoms with Crippen LogP contribution in [-0.4, -0.2) is 6.04 Å². The SMILES string of the molecule is C=CC(C)NC(C)c1ccc(Cl)cc1Cl. The number of rotatable bonds is 4. The molecule has 0 spiro atoms. The normalized spacial score (nSPS) is 14.7. The Hall–Kier alpha value is -0.500. The highest BCUT2D eigenvalue weighted by molar-refractivity contribution is 6.35. The standard InChI is InChI=1S/C12H15Cl2N/c1-4-8(2)15-9(3)11-6-5-10(13)7-12(11)14/h4-9,15H,1H2,2-3H3.